The number of hydrogen-bond acceptors (Lipinski definition) is 4. The van der Waals surface area contributed by atoms with Gasteiger partial charge in [-0.15, -0.1) is 0 Å². The first-order valence-electron chi connectivity index (χ1n) is 9.48. The van der Waals surface area contributed by atoms with Gasteiger partial charge in [-0.25, -0.2) is 0 Å². The van der Waals surface area contributed by atoms with Crippen molar-refractivity contribution in [1.82, 2.24) is 15.1 Å². The van der Waals surface area contributed by atoms with E-state index in [2.05, 4.69) is 5.32 Å². The average Bonchev–Trinajstić information content (AvgIpc) is 3.43. The molecule has 1 aromatic rings. The maximum absolute atomic E-state index is 12.9. The van der Waals surface area contributed by atoms with E-state index in [4.69, 9.17) is 4.74 Å². The third-order valence-electron chi connectivity index (χ3n) is 5.55. The highest BCUT2D eigenvalue weighted by Crippen LogP contribution is 2.41. The van der Waals surface area contributed by atoms with Gasteiger partial charge in [-0.1, -0.05) is 18.2 Å². The maximum atomic E-state index is 12.9. The van der Waals surface area contributed by atoms with Crippen molar-refractivity contribution in [3.63, 3.8) is 0 Å². The largest absolute Gasteiger partial charge is 0.377 e. The molecular weight excluding hydrogens is 346 g/mol. The topological polar surface area (TPSA) is 79.0 Å². The van der Waals surface area contributed by atoms with Crippen LogP contribution in [0.5, 0.6) is 0 Å². The molecule has 1 N–H and O–H groups in total. The number of fused-ring (bicyclic) bond motifs is 1. The summed E-state index contributed by atoms with van der Waals surface area (Å²) in [4.78, 5) is 41.7. The Kier molecular flexibility index (Phi) is 4.42. The highest BCUT2D eigenvalue weighted by atomic mass is 16.5. The number of amides is 3. The van der Waals surface area contributed by atoms with Gasteiger partial charge in [0, 0.05) is 18.2 Å². The molecule has 7 nitrogen and oxygen atoms in total. The lowest BCUT2D eigenvalue weighted by Crippen LogP contribution is -2.57. The lowest BCUT2D eigenvalue weighted by Gasteiger charge is -2.42. The van der Waals surface area contributed by atoms with Crippen molar-refractivity contribution in [2.45, 2.75) is 44.3 Å². The molecule has 2 heterocycles. The Bertz CT molecular complexity index is 787. The summed E-state index contributed by atoms with van der Waals surface area (Å²) in [5.74, 6) is -0.513. The Labute approximate surface area is 158 Å². The van der Waals surface area contributed by atoms with Crippen molar-refractivity contribution in [1.29, 1.82) is 0 Å². The summed E-state index contributed by atoms with van der Waals surface area (Å²) in [6, 6.07) is 6.71. The van der Waals surface area contributed by atoms with Crippen LogP contribution in [0.3, 0.4) is 0 Å². The van der Waals surface area contributed by atoms with Crippen molar-refractivity contribution in [3.05, 3.63) is 35.4 Å². The Morgan fingerprint density at radius 1 is 1.26 bits per heavy atom. The van der Waals surface area contributed by atoms with Gasteiger partial charge < -0.3 is 19.9 Å². The molecule has 0 aromatic heterocycles. The van der Waals surface area contributed by atoms with Crippen LogP contribution in [0.1, 0.15) is 48.7 Å². The Balaban J connectivity index is 1.47. The van der Waals surface area contributed by atoms with Crippen LogP contribution in [0.15, 0.2) is 24.3 Å². The number of carbonyl (C=O) groups excluding carboxylic acids is 3. The first kappa shape index (κ1) is 18.0. The van der Waals surface area contributed by atoms with E-state index < -0.39 is 11.6 Å². The van der Waals surface area contributed by atoms with Crippen LogP contribution in [0.25, 0.3) is 0 Å². The fourth-order valence-electron chi connectivity index (χ4n) is 4.01. The zero-order valence-electron chi connectivity index (χ0n) is 15.7. The normalized spacial score (nSPS) is 23.9. The fourth-order valence-corrected chi connectivity index (χ4v) is 4.01. The van der Waals surface area contributed by atoms with E-state index in [1.807, 2.05) is 32.0 Å². The van der Waals surface area contributed by atoms with Gasteiger partial charge in [0.1, 0.15) is 6.04 Å². The predicted molar refractivity (Wildman–Crippen MR) is 98.0 cm³/mol. The molecule has 1 saturated carbocycles. The molecule has 2 aliphatic heterocycles. The van der Waals surface area contributed by atoms with E-state index in [0.29, 0.717) is 25.3 Å². The summed E-state index contributed by atoms with van der Waals surface area (Å²) in [6.45, 7) is 5.32. The smallest absolute Gasteiger partial charge is 0.255 e. The minimum Gasteiger partial charge on any atom is -0.377 e. The zero-order valence-corrected chi connectivity index (χ0v) is 15.7. The van der Waals surface area contributed by atoms with E-state index in [-0.39, 0.29) is 30.3 Å². The van der Waals surface area contributed by atoms with Gasteiger partial charge in [0.25, 0.3) is 5.91 Å². The summed E-state index contributed by atoms with van der Waals surface area (Å²) in [6.07, 6.45) is 1.84. The number of nitrogens with zero attached hydrogens (tertiary/aromatic N) is 2. The third-order valence-corrected chi connectivity index (χ3v) is 5.55. The van der Waals surface area contributed by atoms with Gasteiger partial charge in [0.15, 0.2) is 0 Å². The number of ether oxygens (including phenoxy) is 1. The van der Waals surface area contributed by atoms with E-state index in [9.17, 15) is 14.4 Å². The van der Waals surface area contributed by atoms with E-state index >= 15 is 0 Å². The highest BCUT2D eigenvalue weighted by molar-refractivity contribution is 6.05. The molecule has 7 heteroatoms. The number of rotatable bonds is 4. The summed E-state index contributed by atoms with van der Waals surface area (Å²) in [7, 11) is 0. The van der Waals surface area contributed by atoms with Crippen LogP contribution >= 0.6 is 0 Å². The second kappa shape index (κ2) is 6.64. The van der Waals surface area contributed by atoms with Crippen LogP contribution in [0.4, 0.5) is 0 Å². The fraction of sp³-hybridized carbons (Fsp3) is 0.550. The molecule has 3 aliphatic rings. The molecule has 3 amide bonds. The lowest BCUT2D eigenvalue weighted by molar-refractivity contribution is -0.146. The summed E-state index contributed by atoms with van der Waals surface area (Å²) < 4.78 is 5.44. The van der Waals surface area contributed by atoms with Crippen molar-refractivity contribution in [2.75, 3.05) is 26.3 Å². The molecule has 1 aliphatic carbocycles. The number of nitrogens with one attached hydrogen (secondary N) is 1. The number of benzene rings is 1. The molecule has 2 fully saturated rings. The minimum absolute atomic E-state index is 0.0758. The van der Waals surface area contributed by atoms with Crippen LogP contribution in [0.2, 0.25) is 0 Å². The van der Waals surface area contributed by atoms with Gasteiger partial charge in [0.2, 0.25) is 11.8 Å². The molecule has 1 unspecified atom stereocenters. The Morgan fingerprint density at radius 3 is 2.70 bits per heavy atom. The predicted octanol–water partition coefficient (Wildman–Crippen LogP) is 1.10. The Morgan fingerprint density at radius 2 is 2.00 bits per heavy atom. The number of morpholine rings is 1. The summed E-state index contributed by atoms with van der Waals surface area (Å²) >= 11 is 0. The Hall–Kier alpha value is -2.41. The third kappa shape index (κ3) is 3.20. The molecule has 1 atom stereocenters. The van der Waals surface area contributed by atoms with Gasteiger partial charge in [-0.2, -0.15) is 0 Å². The second-order valence-electron chi connectivity index (χ2n) is 8.06. The summed E-state index contributed by atoms with van der Waals surface area (Å²) in [5, 5.41) is 2.77. The van der Waals surface area contributed by atoms with Crippen molar-refractivity contribution >= 4 is 17.7 Å². The monoisotopic (exact) mass is 371 g/mol. The van der Waals surface area contributed by atoms with Gasteiger partial charge >= 0.3 is 0 Å². The first-order valence-corrected chi connectivity index (χ1v) is 9.48. The molecule has 1 aromatic carbocycles. The quantitative estimate of drug-likeness (QED) is 0.860. The zero-order chi connectivity index (χ0) is 19.2. The number of carbonyl (C=O) groups is 3. The molecule has 1 saturated heterocycles. The van der Waals surface area contributed by atoms with E-state index in [1.54, 1.807) is 15.9 Å². The van der Waals surface area contributed by atoms with Crippen LogP contribution in [-0.4, -0.2) is 65.4 Å². The van der Waals surface area contributed by atoms with Crippen LogP contribution in [0, 0.1) is 0 Å². The SMILES string of the molecule is CC1(C)COCCN1C(=O)CNC(=O)C1c2ccccc2C(=O)N1C1CC1. The molecule has 144 valence electrons. The lowest BCUT2D eigenvalue weighted by atomic mass is 10.0. The van der Waals surface area contributed by atoms with Crippen molar-refractivity contribution in [2.24, 2.45) is 0 Å². The minimum atomic E-state index is -0.647. The van der Waals surface area contributed by atoms with Crippen LogP contribution in [-0.2, 0) is 14.3 Å². The van der Waals surface area contributed by atoms with Gasteiger partial charge in [-0.05, 0) is 38.3 Å². The van der Waals surface area contributed by atoms with Crippen molar-refractivity contribution < 1.29 is 19.1 Å². The first-order chi connectivity index (χ1) is 12.9. The van der Waals surface area contributed by atoms with Gasteiger partial charge in [-0.3, -0.25) is 14.4 Å². The molecule has 0 bridgehead atoms. The van der Waals surface area contributed by atoms with E-state index in [0.717, 1.165) is 18.4 Å². The molecule has 27 heavy (non-hydrogen) atoms. The molecular formula is C20H25N3O4. The maximum Gasteiger partial charge on any atom is 0.255 e. The number of hydrogen-bond donors (Lipinski definition) is 1. The van der Waals surface area contributed by atoms with Gasteiger partial charge in [0.05, 0.1) is 25.3 Å². The summed E-state index contributed by atoms with van der Waals surface area (Å²) in [5.41, 5.74) is 0.923. The second-order valence-corrected chi connectivity index (χ2v) is 8.06. The highest BCUT2D eigenvalue weighted by Gasteiger charge is 2.47. The molecule has 0 radical (unpaired) electrons. The van der Waals surface area contributed by atoms with Crippen molar-refractivity contribution in [3.8, 4) is 0 Å². The van der Waals surface area contributed by atoms with Crippen LogP contribution < -0.4 is 5.32 Å². The molecule has 4 rings (SSSR count). The standard InChI is InChI=1S/C20H25N3O4/c1-20(2)12-27-10-9-22(20)16(24)11-21-18(25)17-14-5-3-4-6-15(14)19(26)23(17)13-7-8-13/h3-6,13,17H,7-12H2,1-2H3,(H,21,25). The molecule has 0 spiro atoms. The van der Waals surface area contributed by atoms with E-state index in [1.165, 1.54) is 0 Å². The average molecular weight is 371 g/mol.